The Balaban J connectivity index is 1.48. The van der Waals surface area contributed by atoms with Crippen molar-refractivity contribution in [2.45, 2.75) is 11.6 Å². The Hall–Kier alpha value is -2.86. The summed E-state index contributed by atoms with van der Waals surface area (Å²) in [6.07, 6.45) is -0.592. The molecule has 128 valence electrons. The lowest BCUT2D eigenvalue weighted by Crippen LogP contribution is -2.70. The van der Waals surface area contributed by atoms with Crippen molar-refractivity contribution in [3.63, 3.8) is 0 Å². The third-order valence-electron chi connectivity index (χ3n) is 4.77. The average molecular weight is 338 g/mol. The number of fused-ring (bicyclic) bond motifs is 3. The van der Waals surface area contributed by atoms with Crippen molar-refractivity contribution in [3.05, 3.63) is 59.7 Å². The van der Waals surface area contributed by atoms with Crippen LogP contribution in [0.25, 0.3) is 11.1 Å². The number of amides is 1. The van der Waals surface area contributed by atoms with Crippen LogP contribution in [0.2, 0.25) is 0 Å². The van der Waals surface area contributed by atoms with Gasteiger partial charge in [0.1, 0.15) is 6.61 Å². The number of carbonyl (C=O) groups is 2. The molecule has 6 nitrogen and oxygen atoms in total. The molecule has 1 aliphatic heterocycles. The summed E-state index contributed by atoms with van der Waals surface area (Å²) in [4.78, 5) is 22.7. The topological polar surface area (TPSA) is 76.7 Å². The first-order valence-electron chi connectivity index (χ1n) is 8.18. The third kappa shape index (κ3) is 2.74. The molecule has 0 atom stereocenters. The molecule has 1 amide bonds. The van der Waals surface area contributed by atoms with Gasteiger partial charge in [-0.25, -0.2) is 4.79 Å². The first kappa shape index (κ1) is 15.7. The largest absolute Gasteiger partial charge is 0.448 e. The van der Waals surface area contributed by atoms with E-state index in [1.807, 2.05) is 24.3 Å². The molecule has 0 radical (unpaired) electrons. The molecule has 0 unspecified atom stereocenters. The van der Waals surface area contributed by atoms with Crippen molar-refractivity contribution in [3.8, 4) is 11.1 Å². The first-order chi connectivity index (χ1) is 12.2. The van der Waals surface area contributed by atoms with Gasteiger partial charge in [-0.3, -0.25) is 10.1 Å². The molecule has 1 heterocycles. The van der Waals surface area contributed by atoms with E-state index in [0.717, 1.165) is 11.1 Å². The molecule has 0 bridgehead atoms. The van der Waals surface area contributed by atoms with Crippen LogP contribution in [0.15, 0.2) is 48.5 Å². The van der Waals surface area contributed by atoms with Crippen LogP contribution in [0.3, 0.4) is 0 Å². The van der Waals surface area contributed by atoms with Gasteiger partial charge in [-0.1, -0.05) is 48.5 Å². The first-order valence-corrected chi connectivity index (χ1v) is 8.18. The second-order valence-corrected chi connectivity index (χ2v) is 6.26. The second-order valence-electron chi connectivity index (χ2n) is 6.26. The Morgan fingerprint density at radius 3 is 2.24 bits per heavy atom. The van der Waals surface area contributed by atoms with E-state index in [2.05, 4.69) is 34.9 Å². The Labute approximate surface area is 145 Å². The molecule has 4 rings (SSSR count). The number of alkyl carbamates (subject to hydrolysis) is 1. The molecule has 1 saturated heterocycles. The minimum absolute atomic E-state index is 0.000560. The van der Waals surface area contributed by atoms with Crippen molar-refractivity contribution in [2.75, 3.05) is 19.7 Å². The Morgan fingerprint density at radius 2 is 1.72 bits per heavy atom. The van der Waals surface area contributed by atoms with E-state index < -0.39 is 11.8 Å². The summed E-state index contributed by atoms with van der Waals surface area (Å²) in [5, 5.41) is 5.59. The highest BCUT2D eigenvalue weighted by atomic mass is 16.6. The molecular formula is C19H18N2O4. The van der Waals surface area contributed by atoms with Crippen LogP contribution in [0, 0.1) is 0 Å². The van der Waals surface area contributed by atoms with Gasteiger partial charge >= 0.3 is 6.09 Å². The van der Waals surface area contributed by atoms with Crippen LogP contribution >= 0.6 is 0 Å². The fourth-order valence-corrected chi connectivity index (χ4v) is 3.47. The van der Waals surface area contributed by atoms with Crippen molar-refractivity contribution in [1.82, 2.24) is 10.6 Å². The zero-order valence-electron chi connectivity index (χ0n) is 13.5. The Kier molecular flexibility index (Phi) is 3.89. The second kappa shape index (κ2) is 6.22. The van der Waals surface area contributed by atoms with Crippen molar-refractivity contribution in [2.24, 2.45) is 0 Å². The monoisotopic (exact) mass is 338 g/mol. The zero-order chi connectivity index (χ0) is 17.3. The average Bonchev–Trinajstić information content (AvgIpc) is 2.92. The Morgan fingerprint density at radius 1 is 1.12 bits per heavy atom. The maximum Gasteiger partial charge on any atom is 0.410 e. The summed E-state index contributed by atoms with van der Waals surface area (Å²) in [5.41, 5.74) is 3.66. The van der Waals surface area contributed by atoms with E-state index >= 15 is 0 Å². The normalized spacial score (nSPS) is 17.0. The fraction of sp³-hybridized carbons (Fsp3) is 0.263. The van der Waals surface area contributed by atoms with Crippen LogP contribution in [0.4, 0.5) is 4.79 Å². The quantitative estimate of drug-likeness (QED) is 0.644. The van der Waals surface area contributed by atoms with Gasteiger partial charge in [-0.15, -0.1) is 0 Å². The lowest BCUT2D eigenvalue weighted by atomic mass is 9.98. The number of rotatable bonds is 5. The van der Waals surface area contributed by atoms with Gasteiger partial charge in [-0.2, -0.15) is 0 Å². The molecular weight excluding hydrogens is 320 g/mol. The maximum atomic E-state index is 12.1. The summed E-state index contributed by atoms with van der Waals surface area (Å²) >= 11 is 0. The van der Waals surface area contributed by atoms with Crippen LogP contribution < -0.4 is 10.6 Å². The molecule has 2 N–H and O–H groups in total. The molecule has 2 aromatic carbocycles. The smallest absolute Gasteiger partial charge is 0.410 e. The van der Waals surface area contributed by atoms with Gasteiger partial charge in [-0.05, 0) is 22.3 Å². The number of ether oxygens (including phenoxy) is 2. The molecule has 0 aromatic heterocycles. The summed E-state index contributed by atoms with van der Waals surface area (Å²) in [7, 11) is 0. The van der Waals surface area contributed by atoms with Crippen LogP contribution in [0.1, 0.15) is 17.0 Å². The lowest BCUT2D eigenvalue weighted by molar-refractivity contribution is -0.152. The standard InChI is InChI=1S/C19H18N2O4/c22-12-25-19(10-20-11-19)21-18(23)24-9-17-15-7-3-1-5-13(15)14-6-2-4-8-16(14)17/h1-8,12,17,20H,9-11H2,(H,21,23). The number of benzene rings is 2. The van der Waals surface area contributed by atoms with Gasteiger partial charge in [0.2, 0.25) is 5.72 Å². The van der Waals surface area contributed by atoms with Gasteiger partial charge < -0.3 is 14.8 Å². The predicted molar refractivity (Wildman–Crippen MR) is 91.0 cm³/mol. The number of carbonyl (C=O) groups excluding carboxylic acids is 2. The maximum absolute atomic E-state index is 12.1. The zero-order valence-corrected chi connectivity index (χ0v) is 13.5. The van der Waals surface area contributed by atoms with E-state index in [1.165, 1.54) is 11.1 Å². The molecule has 25 heavy (non-hydrogen) atoms. The van der Waals surface area contributed by atoms with E-state index in [-0.39, 0.29) is 12.5 Å². The molecule has 2 aromatic rings. The number of hydrogen-bond acceptors (Lipinski definition) is 5. The number of hydrogen-bond donors (Lipinski definition) is 2. The van der Waals surface area contributed by atoms with Gasteiger partial charge in [0.15, 0.2) is 0 Å². The molecule has 0 spiro atoms. The summed E-state index contributed by atoms with van der Waals surface area (Å²) in [6, 6.07) is 16.3. The number of nitrogens with one attached hydrogen (secondary N) is 2. The molecule has 0 saturated carbocycles. The molecule has 2 aliphatic rings. The minimum Gasteiger partial charge on any atom is -0.448 e. The highest BCUT2D eigenvalue weighted by Crippen LogP contribution is 2.44. The summed E-state index contributed by atoms with van der Waals surface area (Å²) in [6.45, 7) is 1.31. The van der Waals surface area contributed by atoms with Crippen molar-refractivity contribution in [1.29, 1.82) is 0 Å². The van der Waals surface area contributed by atoms with E-state index in [4.69, 9.17) is 9.47 Å². The van der Waals surface area contributed by atoms with Gasteiger partial charge in [0, 0.05) is 5.92 Å². The van der Waals surface area contributed by atoms with E-state index in [0.29, 0.717) is 19.6 Å². The SMILES string of the molecule is O=COC1(NC(=O)OCC2c3ccccc3-c3ccccc32)CNC1. The minimum atomic E-state index is -0.996. The van der Waals surface area contributed by atoms with Crippen molar-refractivity contribution >= 4 is 12.6 Å². The summed E-state index contributed by atoms with van der Waals surface area (Å²) < 4.78 is 10.4. The van der Waals surface area contributed by atoms with Crippen LogP contribution in [-0.4, -0.2) is 38.0 Å². The van der Waals surface area contributed by atoms with Crippen LogP contribution in [0.5, 0.6) is 0 Å². The summed E-state index contributed by atoms with van der Waals surface area (Å²) in [5.74, 6) is 0.000560. The van der Waals surface area contributed by atoms with E-state index in [1.54, 1.807) is 0 Å². The highest BCUT2D eigenvalue weighted by molar-refractivity contribution is 5.79. The van der Waals surface area contributed by atoms with Crippen molar-refractivity contribution < 1.29 is 19.1 Å². The predicted octanol–water partition coefficient (Wildman–Crippen LogP) is 2.00. The van der Waals surface area contributed by atoms with Crippen LogP contribution in [-0.2, 0) is 14.3 Å². The highest BCUT2D eigenvalue weighted by Gasteiger charge is 2.41. The fourth-order valence-electron chi connectivity index (χ4n) is 3.47. The van der Waals surface area contributed by atoms with E-state index in [9.17, 15) is 9.59 Å². The third-order valence-corrected chi connectivity index (χ3v) is 4.77. The van der Waals surface area contributed by atoms with Gasteiger partial charge in [0.25, 0.3) is 6.47 Å². The lowest BCUT2D eigenvalue weighted by Gasteiger charge is -2.40. The molecule has 1 fully saturated rings. The molecule has 1 aliphatic carbocycles. The Bertz CT molecular complexity index is 771. The van der Waals surface area contributed by atoms with Gasteiger partial charge in [0.05, 0.1) is 13.1 Å². The molecule has 6 heteroatoms.